The van der Waals surface area contributed by atoms with E-state index in [1.807, 2.05) is 0 Å². The molecule has 0 spiro atoms. The van der Waals surface area contributed by atoms with Gasteiger partial charge in [0.25, 0.3) is 0 Å². The van der Waals surface area contributed by atoms with E-state index in [1.54, 1.807) is 0 Å². The summed E-state index contributed by atoms with van der Waals surface area (Å²) in [6, 6.07) is 21.2. The van der Waals surface area contributed by atoms with E-state index in [9.17, 15) is 0 Å². The quantitative estimate of drug-likeness (QED) is 0.202. The van der Waals surface area contributed by atoms with Crippen LogP contribution in [0.4, 0.5) is 0 Å². The zero-order chi connectivity index (χ0) is 25.4. The molecule has 0 N–H and O–H groups in total. The summed E-state index contributed by atoms with van der Waals surface area (Å²) in [5.41, 5.74) is 2.42. The van der Waals surface area contributed by atoms with E-state index >= 15 is 0 Å². The van der Waals surface area contributed by atoms with Gasteiger partial charge in [0.1, 0.15) is 6.10 Å². The van der Waals surface area contributed by atoms with Crippen LogP contribution in [-0.4, -0.2) is 49.5 Å². The molecule has 3 rings (SSSR count). The highest BCUT2D eigenvalue weighted by atomic mass is 16.6. The number of unbranched alkanes of at least 4 members (excludes halogenated alkanes) is 6. The van der Waals surface area contributed by atoms with Crippen LogP contribution in [0.15, 0.2) is 60.7 Å². The highest BCUT2D eigenvalue weighted by Crippen LogP contribution is 2.33. The highest BCUT2D eigenvalue weighted by molar-refractivity contribution is 5.15. The van der Waals surface area contributed by atoms with E-state index in [2.05, 4.69) is 86.5 Å². The Kier molecular flexibility index (Phi) is 13.6. The number of hydrogen-bond donors (Lipinski definition) is 0. The van der Waals surface area contributed by atoms with Crippen molar-refractivity contribution in [2.45, 2.75) is 109 Å². The fourth-order valence-corrected chi connectivity index (χ4v) is 5.24. The van der Waals surface area contributed by atoms with Crippen LogP contribution >= 0.6 is 0 Å². The normalized spacial score (nSPS) is 21.9. The zero-order valence-electron chi connectivity index (χ0n) is 22.9. The second-order valence-electron chi connectivity index (χ2n) is 10.3. The third-order valence-electron chi connectivity index (χ3n) is 7.34. The monoisotopic (exact) mass is 495 g/mol. The number of likely N-dealkylation sites (N-methyl/N-ethyl adjacent to an activating group) is 1. The van der Waals surface area contributed by atoms with Gasteiger partial charge in [-0.15, -0.1) is 0 Å². The fourth-order valence-electron chi connectivity index (χ4n) is 5.24. The second-order valence-corrected chi connectivity index (χ2v) is 10.3. The van der Waals surface area contributed by atoms with Gasteiger partial charge in [0, 0.05) is 13.0 Å². The second kappa shape index (κ2) is 16.9. The predicted molar refractivity (Wildman–Crippen MR) is 149 cm³/mol. The first-order chi connectivity index (χ1) is 17.7. The van der Waals surface area contributed by atoms with E-state index in [0.717, 1.165) is 26.0 Å². The van der Waals surface area contributed by atoms with E-state index in [0.29, 0.717) is 13.2 Å². The molecule has 4 heteroatoms. The first-order valence-electron chi connectivity index (χ1n) is 14.4. The summed E-state index contributed by atoms with van der Waals surface area (Å²) in [6.07, 6.45) is 10.9. The lowest BCUT2D eigenvalue weighted by Crippen LogP contribution is -2.48. The van der Waals surface area contributed by atoms with Gasteiger partial charge in [-0.25, -0.2) is 0 Å². The smallest absolute Gasteiger partial charge is 0.102 e. The molecule has 36 heavy (non-hydrogen) atoms. The third kappa shape index (κ3) is 9.63. The molecule has 4 nitrogen and oxygen atoms in total. The van der Waals surface area contributed by atoms with Crippen molar-refractivity contribution >= 4 is 0 Å². The maximum absolute atomic E-state index is 6.66. The van der Waals surface area contributed by atoms with Crippen molar-refractivity contribution in [2.24, 2.45) is 0 Å². The van der Waals surface area contributed by atoms with Crippen LogP contribution in [0.1, 0.15) is 82.8 Å². The van der Waals surface area contributed by atoms with Gasteiger partial charge in [-0.1, -0.05) is 113 Å². The lowest BCUT2D eigenvalue weighted by atomic mass is 10.1. The Bertz CT molecular complexity index is 800. The van der Waals surface area contributed by atoms with E-state index in [1.165, 1.54) is 56.1 Å². The van der Waals surface area contributed by atoms with Gasteiger partial charge in [-0.3, -0.25) is 4.90 Å². The summed E-state index contributed by atoms with van der Waals surface area (Å²) in [6.45, 7) is 7.62. The third-order valence-corrected chi connectivity index (χ3v) is 7.34. The van der Waals surface area contributed by atoms with E-state index in [-0.39, 0.29) is 24.4 Å². The van der Waals surface area contributed by atoms with Gasteiger partial charge < -0.3 is 14.2 Å². The summed E-state index contributed by atoms with van der Waals surface area (Å²) in [7, 11) is 2.25. The summed E-state index contributed by atoms with van der Waals surface area (Å²) in [5, 5.41) is 0. The molecule has 2 aromatic rings. The van der Waals surface area contributed by atoms with Gasteiger partial charge >= 0.3 is 0 Å². The van der Waals surface area contributed by atoms with Crippen LogP contribution in [0.3, 0.4) is 0 Å². The minimum absolute atomic E-state index is 0.0206. The molecule has 200 valence electrons. The minimum atomic E-state index is 0.0206. The van der Waals surface area contributed by atoms with Gasteiger partial charge in [-0.05, 0) is 37.6 Å². The predicted octanol–water partition coefficient (Wildman–Crippen LogP) is 7.41. The van der Waals surface area contributed by atoms with Crippen molar-refractivity contribution in [1.29, 1.82) is 0 Å². The van der Waals surface area contributed by atoms with Gasteiger partial charge in [0.05, 0.1) is 31.5 Å². The number of nitrogens with zero attached hydrogens (tertiary/aromatic N) is 1. The number of benzene rings is 2. The summed E-state index contributed by atoms with van der Waals surface area (Å²) in [5.74, 6) is 0. The summed E-state index contributed by atoms with van der Waals surface area (Å²) >= 11 is 0. The topological polar surface area (TPSA) is 30.9 Å². The van der Waals surface area contributed by atoms with Crippen LogP contribution in [0.2, 0.25) is 0 Å². The molecule has 0 bridgehead atoms. The van der Waals surface area contributed by atoms with Gasteiger partial charge in [0.2, 0.25) is 0 Å². The van der Waals surface area contributed by atoms with Gasteiger partial charge in [-0.2, -0.15) is 0 Å². The average Bonchev–Trinajstić information content (AvgIpc) is 3.26. The van der Waals surface area contributed by atoms with Crippen LogP contribution in [0.5, 0.6) is 0 Å². The first kappa shape index (κ1) is 28.8. The molecule has 0 unspecified atom stereocenters. The summed E-state index contributed by atoms with van der Waals surface area (Å²) < 4.78 is 19.8. The Morgan fingerprint density at radius 3 is 1.83 bits per heavy atom. The molecular weight excluding hydrogens is 446 g/mol. The Labute approximate surface area is 220 Å². The number of rotatable bonds is 18. The Balaban J connectivity index is 1.70. The van der Waals surface area contributed by atoms with Crippen molar-refractivity contribution in [3.63, 3.8) is 0 Å². The van der Waals surface area contributed by atoms with E-state index in [4.69, 9.17) is 14.2 Å². The number of hydrogen-bond acceptors (Lipinski definition) is 4. The first-order valence-corrected chi connectivity index (χ1v) is 14.4. The highest BCUT2D eigenvalue weighted by Gasteiger charge is 2.47. The molecule has 0 heterocycles. The molecule has 4 atom stereocenters. The zero-order valence-corrected chi connectivity index (χ0v) is 22.9. The minimum Gasteiger partial charge on any atom is -0.374 e. The molecule has 0 aromatic heterocycles. The van der Waals surface area contributed by atoms with Gasteiger partial charge in [0.15, 0.2) is 0 Å². The summed E-state index contributed by atoms with van der Waals surface area (Å²) in [4.78, 5) is 2.49. The maximum atomic E-state index is 6.66. The molecule has 1 fully saturated rings. The SMILES string of the molecule is CCCCCCCO[C@H]1[C@H](N(C)CCCCC)[C@@H](OCc2ccccc2)C[C@H]1OCc1ccccc1. The van der Waals surface area contributed by atoms with Crippen LogP contribution in [0, 0.1) is 0 Å². The van der Waals surface area contributed by atoms with Crippen LogP contribution < -0.4 is 0 Å². The molecule has 0 aliphatic heterocycles. The Morgan fingerprint density at radius 1 is 0.667 bits per heavy atom. The molecule has 1 aliphatic rings. The number of ether oxygens (including phenoxy) is 3. The van der Waals surface area contributed by atoms with Crippen molar-refractivity contribution in [3.8, 4) is 0 Å². The Morgan fingerprint density at radius 2 is 1.22 bits per heavy atom. The molecule has 0 radical (unpaired) electrons. The van der Waals surface area contributed by atoms with Crippen molar-refractivity contribution < 1.29 is 14.2 Å². The molecule has 0 amide bonds. The van der Waals surface area contributed by atoms with Crippen LogP contribution in [0.25, 0.3) is 0 Å². The standard InChI is InChI=1S/C32H49NO3/c1-4-6-8-9-17-23-34-32-30(36-26-28-20-14-11-15-21-28)24-29(31(32)33(3)22-16-7-5-2)35-25-27-18-12-10-13-19-27/h10-15,18-21,29-32H,4-9,16-17,22-26H2,1-3H3/t29-,30+,31+,32+/m0/s1. The lowest BCUT2D eigenvalue weighted by molar-refractivity contribution is -0.0898. The largest absolute Gasteiger partial charge is 0.374 e. The van der Waals surface area contributed by atoms with E-state index < -0.39 is 0 Å². The van der Waals surface area contributed by atoms with Crippen molar-refractivity contribution in [3.05, 3.63) is 71.8 Å². The van der Waals surface area contributed by atoms with Crippen molar-refractivity contribution in [2.75, 3.05) is 20.2 Å². The maximum Gasteiger partial charge on any atom is 0.102 e. The molecule has 2 aromatic carbocycles. The molecule has 0 saturated heterocycles. The molecule has 1 aliphatic carbocycles. The molecular formula is C32H49NO3. The van der Waals surface area contributed by atoms with Crippen LogP contribution in [-0.2, 0) is 27.4 Å². The fraction of sp³-hybridized carbons (Fsp3) is 0.625. The molecule has 1 saturated carbocycles. The van der Waals surface area contributed by atoms with Crippen molar-refractivity contribution in [1.82, 2.24) is 4.90 Å². The average molecular weight is 496 g/mol. The lowest BCUT2D eigenvalue weighted by Gasteiger charge is -2.34. The Hall–Kier alpha value is -1.72.